The summed E-state index contributed by atoms with van der Waals surface area (Å²) in [5.74, 6) is -0.234. The molecular formula is C13H17ClN2O3. The minimum atomic E-state index is -0.401. The molecule has 5 nitrogen and oxygen atoms in total. The second kappa shape index (κ2) is 5.95. The molecule has 0 unspecified atom stereocenters. The van der Waals surface area contributed by atoms with Crippen LogP contribution in [0.1, 0.15) is 21.6 Å². The van der Waals surface area contributed by atoms with Crippen molar-refractivity contribution in [1.82, 2.24) is 10.3 Å². The Hall–Kier alpha value is -1.72. The predicted octanol–water partition coefficient (Wildman–Crippen LogP) is 2.11. The molecule has 0 amide bonds. The Morgan fingerprint density at radius 3 is 2.74 bits per heavy atom. The second-order valence-electron chi connectivity index (χ2n) is 4.13. The first-order chi connectivity index (χ1) is 8.60. The SMILES string of the molecule is CNCc1c(O)ccc2[nH]c(C)c(C(=O)OC)c12.Cl. The summed E-state index contributed by atoms with van der Waals surface area (Å²) in [4.78, 5) is 15.0. The van der Waals surface area contributed by atoms with Crippen molar-refractivity contribution in [3.05, 3.63) is 29.0 Å². The smallest absolute Gasteiger partial charge is 0.340 e. The van der Waals surface area contributed by atoms with Crippen LogP contribution in [0.3, 0.4) is 0 Å². The van der Waals surface area contributed by atoms with Crippen LogP contribution in [0.4, 0.5) is 0 Å². The van der Waals surface area contributed by atoms with Crippen LogP contribution in [0.25, 0.3) is 10.9 Å². The molecular weight excluding hydrogens is 268 g/mol. The number of methoxy groups -OCH3 is 1. The maximum absolute atomic E-state index is 11.8. The van der Waals surface area contributed by atoms with Crippen LogP contribution >= 0.6 is 12.4 Å². The Labute approximate surface area is 117 Å². The molecule has 0 saturated heterocycles. The fourth-order valence-corrected chi connectivity index (χ4v) is 2.19. The van der Waals surface area contributed by atoms with Gasteiger partial charge >= 0.3 is 5.97 Å². The van der Waals surface area contributed by atoms with Gasteiger partial charge in [0.25, 0.3) is 0 Å². The molecule has 0 radical (unpaired) electrons. The number of carbonyl (C=O) groups is 1. The molecule has 0 aliphatic rings. The van der Waals surface area contributed by atoms with Gasteiger partial charge < -0.3 is 20.1 Å². The van der Waals surface area contributed by atoms with Gasteiger partial charge in [0.1, 0.15) is 5.75 Å². The van der Waals surface area contributed by atoms with Crippen molar-refractivity contribution in [3.63, 3.8) is 0 Å². The lowest BCUT2D eigenvalue weighted by molar-refractivity contribution is 0.0602. The van der Waals surface area contributed by atoms with E-state index in [4.69, 9.17) is 4.74 Å². The number of H-pyrrole nitrogens is 1. The molecule has 1 aromatic carbocycles. The third kappa shape index (κ3) is 2.52. The van der Waals surface area contributed by atoms with Crippen LogP contribution in [-0.4, -0.2) is 30.2 Å². The molecule has 19 heavy (non-hydrogen) atoms. The summed E-state index contributed by atoms with van der Waals surface area (Å²) < 4.78 is 4.80. The lowest BCUT2D eigenvalue weighted by Gasteiger charge is -2.07. The topological polar surface area (TPSA) is 74.4 Å². The Morgan fingerprint density at radius 1 is 1.47 bits per heavy atom. The number of benzene rings is 1. The monoisotopic (exact) mass is 284 g/mol. The Balaban J connectivity index is 0.00000180. The van der Waals surface area contributed by atoms with E-state index < -0.39 is 5.97 Å². The quantitative estimate of drug-likeness (QED) is 0.755. The summed E-state index contributed by atoms with van der Waals surface area (Å²) in [6.07, 6.45) is 0. The molecule has 0 spiro atoms. The van der Waals surface area contributed by atoms with E-state index in [0.717, 1.165) is 11.2 Å². The van der Waals surface area contributed by atoms with E-state index in [9.17, 15) is 9.90 Å². The van der Waals surface area contributed by atoms with Gasteiger partial charge in [-0.3, -0.25) is 0 Å². The largest absolute Gasteiger partial charge is 0.508 e. The number of aromatic nitrogens is 1. The minimum Gasteiger partial charge on any atom is -0.508 e. The predicted molar refractivity (Wildman–Crippen MR) is 76.1 cm³/mol. The van der Waals surface area contributed by atoms with Crippen LogP contribution < -0.4 is 5.32 Å². The highest BCUT2D eigenvalue weighted by atomic mass is 35.5. The van der Waals surface area contributed by atoms with Crippen molar-refractivity contribution < 1.29 is 14.6 Å². The number of esters is 1. The van der Waals surface area contributed by atoms with Crippen molar-refractivity contribution in [2.24, 2.45) is 0 Å². The molecule has 2 rings (SSSR count). The molecule has 0 aliphatic carbocycles. The number of nitrogens with one attached hydrogen (secondary N) is 2. The summed E-state index contributed by atoms with van der Waals surface area (Å²) >= 11 is 0. The van der Waals surface area contributed by atoms with Crippen molar-refractivity contribution in [2.75, 3.05) is 14.2 Å². The van der Waals surface area contributed by atoms with Crippen LogP contribution in [0.5, 0.6) is 5.75 Å². The third-order valence-corrected chi connectivity index (χ3v) is 2.98. The molecule has 6 heteroatoms. The molecule has 104 valence electrons. The Bertz CT molecular complexity index is 607. The van der Waals surface area contributed by atoms with Crippen molar-refractivity contribution in [2.45, 2.75) is 13.5 Å². The standard InChI is InChI=1S/C13H16N2O3.ClH/c1-7-11(13(17)18-3)12-8(6-14-2)10(16)5-4-9(12)15-7;/h4-5,14-16H,6H2,1-3H3;1H. The van der Waals surface area contributed by atoms with E-state index in [0.29, 0.717) is 23.1 Å². The van der Waals surface area contributed by atoms with E-state index in [1.165, 1.54) is 7.11 Å². The summed E-state index contributed by atoms with van der Waals surface area (Å²) in [6.45, 7) is 2.29. The van der Waals surface area contributed by atoms with Gasteiger partial charge in [0.05, 0.1) is 12.7 Å². The van der Waals surface area contributed by atoms with Gasteiger partial charge in [-0.1, -0.05) is 0 Å². The molecule has 0 atom stereocenters. The molecule has 0 aliphatic heterocycles. The number of carbonyl (C=O) groups excluding carboxylic acids is 1. The average molecular weight is 285 g/mol. The summed E-state index contributed by atoms with van der Waals surface area (Å²) in [5.41, 5.74) is 2.73. The maximum atomic E-state index is 11.8. The molecule has 0 bridgehead atoms. The van der Waals surface area contributed by atoms with Gasteiger partial charge in [0, 0.05) is 28.7 Å². The van der Waals surface area contributed by atoms with Gasteiger partial charge in [0.2, 0.25) is 0 Å². The van der Waals surface area contributed by atoms with Gasteiger partial charge in [0.15, 0.2) is 0 Å². The first-order valence-corrected chi connectivity index (χ1v) is 5.66. The molecule has 1 heterocycles. The Morgan fingerprint density at radius 2 is 2.16 bits per heavy atom. The highest BCUT2D eigenvalue weighted by Gasteiger charge is 2.20. The number of fused-ring (bicyclic) bond motifs is 1. The second-order valence-corrected chi connectivity index (χ2v) is 4.13. The Kier molecular flexibility index (Phi) is 4.80. The zero-order chi connectivity index (χ0) is 13.3. The first-order valence-electron chi connectivity index (χ1n) is 5.66. The zero-order valence-electron chi connectivity index (χ0n) is 11.0. The fraction of sp³-hybridized carbons (Fsp3) is 0.308. The molecule has 2 aromatic rings. The van der Waals surface area contributed by atoms with E-state index in [1.54, 1.807) is 19.2 Å². The van der Waals surface area contributed by atoms with Crippen LogP contribution in [-0.2, 0) is 11.3 Å². The molecule has 3 N–H and O–H groups in total. The van der Waals surface area contributed by atoms with Gasteiger partial charge in [-0.2, -0.15) is 0 Å². The number of ether oxygens (including phenoxy) is 1. The zero-order valence-corrected chi connectivity index (χ0v) is 11.9. The number of phenolic OH excluding ortho intramolecular Hbond substituents is 1. The minimum absolute atomic E-state index is 0. The number of aryl methyl sites for hydroxylation is 1. The van der Waals surface area contributed by atoms with E-state index in [2.05, 4.69) is 10.3 Å². The van der Waals surface area contributed by atoms with E-state index in [-0.39, 0.29) is 18.2 Å². The molecule has 0 saturated carbocycles. The van der Waals surface area contributed by atoms with Crippen molar-refractivity contribution in [1.29, 1.82) is 0 Å². The number of aromatic amines is 1. The lowest BCUT2D eigenvalue weighted by atomic mass is 10.0. The van der Waals surface area contributed by atoms with Gasteiger partial charge in [-0.05, 0) is 26.1 Å². The number of aromatic hydroxyl groups is 1. The summed E-state index contributed by atoms with van der Waals surface area (Å²) in [5, 5.41) is 13.6. The van der Waals surface area contributed by atoms with Crippen molar-refractivity contribution in [3.8, 4) is 5.75 Å². The maximum Gasteiger partial charge on any atom is 0.340 e. The normalized spacial score (nSPS) is 10.3. The van der Waals surface area contributed by atoms with Crippen LogP contribution in [0.2, 0.25) is 0 Å². The molecule has 1 aromatic heterocycles. The number of halogens is 1. The summed E-state index contributed by atoms with van der Waals surface area (Å²) in [6, 6.07) is 3.37. The highest BCUT2D eigenvalue weighted by molar-refractivity contribution is 6.07. The highest BCUT2D eigenvalue weighted by Crippen LogP contribution is 2.31. The third-order valence-electron chi connectivity index (χ3n) is 2.98. The number of phenols is 1. The van der Waals surface area contributed by atoms with Gasteiger partial charge in [-0.15, -0.1) is 12.4 Å². The average Bonchev–Trinajstić information content (AvgIpc) is 2.69. The van der Waals surface area contributed by atoms with E-state index in [1.807, 2.05) is 6.92 Å². The number of hydrogen-bond acceptors (Lipinski definition) is 4. The first kappa shape index (κ1) is 15.3. The number of hydrogen-bond donors (Lipinski definition) is 3. The van der Waals surface area contributed by atoms with E-state index >= 15 is 0 Å². The number of rotatable bonds is 3. The van der Waals surface area contributed by atoms with Crippen LogP contribution in [0.15, 0.2) is 12.1 Å². The van der Waals surface area contributed by atoms with Crippen LogP contribution in [0, 0.1) is 6.92 Å². The van der Waals surface area contributed by atoms with Gasteiger partial charge in [-0.25, -0.2) is 4.79 Å². The lowest BCUT2D eigenvalue weighted by Crippen LogP contribution is -2.08. The molecule has 0 fully saturated rings. The van der Waals surface area contributed by atoms with Crippen molar-refractivity contribution >= 4 is 29.3 Å². The fourth-order valence-electron chi connectivity index (χ4n) is 2.19. The summed E-state index contributed by atoms with van der Waals surface area (Å²) in [7, 11) is 3.14.